The lowest BCUT2D eigenvalue weighted by Crippen LogP contribution is -2.09. The summed E-state index contributed by atoms with van der Waals surface area (Å²) in [5.74, 6) is -0.470. The van der Waals surface area contributed by atoms with E-state index in [1.807, 2.05) is 6.92 Å². The molecule has 0 saturated heterocycles. The van der Waals surface area contributed by atoms with Gasteiger partial charge in [-0.1, -0.05) is 11.6 Å². The minimum atomic E-state index is -0.470. The van der Waals surface area contributed by atoms with Crippen molar-refractivity contribution in [3.8, 4) is 0 Å². The molecular weight excluding hydrogens is 252 g/mol. The topological polar surface area (TPSA) is 65.2 Å². The Morgan fingerprint density at radius 3 is 2.89 bits per heavy atom. The zero-order valence-electron chi connectivity index (χ0n) is 10.2. The van der Waals surface area contributed by atoms with Crippen LogP contribution in [0.15, 0.2) is 18.3 Å². The number of fused-ring (bicyclic) bond motifs is 1. The first-order chi connectivity index (χ1) is 8.54. The molecule has 4 nitrogen and oxygen atoms in total. The summed E-state index contributed by atoms with van der Waals surface area (Å²) in [6.07, 6.45) is 1.44. The molecule has 5 heteroatoms. The highest BCUT2D eigenvalue weighted by Gasteiger charge is 2.15. The van der Waals surface area contributed by atoms with Gasteiger partial charge in [0.05, 0.1) is 17.8 Å². The normalized spacial score (nSPS) is 10.6. The van der Waals surface area contributed by atoms with Gasteiger partial charge in [-0.25, -0.2) is 4.79 Å². The van der Waals surface area contributed by atoms with Gasteiger partial charge in [0, 0.05) is 16.6 Å². The third-order valence-corrected chi connectivity index (χ3v) is 2.88. The SMILES string of the molecule is CCOC(=O)c1cnc2c(C)cc(Cl)cc2c1N. The molecule has 0 aliphatic carbocycles. The number of esters is 1. The number of carbonyl (C=O) groups excluding carboxylic acids is 1. The van der Waals surface area contributed by atoms with E-state index in [1.54, 1.807) is 19.1 Å². The maximum atomic E-state index is 11.7. The van der Waals surface area contributed by atoms with Crippen molar-refractivity contribution in [1.82, 2.24) is 4.98 Å². The maximum absolute atomic E-state index is 11.7. The number of hydrogen-bond donors (Lipinski definition) is 1. The van der Waals surface area contributed by atoms with Gasteiger partial charge in [0.1, 0.15) is 5.56 Å². The van der Waals surface area contributed by atoms with E-state index in [0.29, 0.717) is 22.7 Å². The smallest absolute Gasteiger partial charge is 0.341 e. The molecule has 0 saturated carbocycles. The zero-order chi connectivity index (χ0) is 13.3. The average molecular weight is 265 g/mol. The molecule has 2 rings (SSSR count). The van der Waals surface area contributed by atoms with Crippen LogP contribution in [-0.2, 0) is 4.74 Å². The number of carbonyl (C=O) groups is 1. The van der Waals surface area contributed by atoms with Crippen LogP contribution in [0.5, 0.6) is 0 Å². The van der Waals surface area contributed by atoms with Crippen LogP contribution in [0.25, 0.3) is 10.9 Å². The number of halogens is 1. The number of anilines is 1. The van der Waals surface area contributed by atoms with Crippen LogP contribution in [0.3, 0.4) is 0 Å². The summed E-state index contributed by atoms with van der Waals surface area (Å²) < 4.78 is 4.93. The number of aromatic nitrogens is 1. The molecule has 0 spiro atoms. The molecule has 2 N–H and O–H groups in total. The van der Waals surface area contributed by atoms with Gasteiger partial charge in [0.15, 0.2) is 0 Å². The molecule has 0 bridgehead atoms. The Hall–Kier alpha value is -1.81. The number of aryl methyl sites for hydroxylation is 1. The van der Waals surface area contributed by atoms with Crippen LogP contribution in [0.2, 0.25) is 5.02 Å². The van der Waals surface area contributed by atoms with E-state index in [9.17, 15) is 4.79 Å². The van der Waals surface area contributed by atoms with Gasteiger partial charge in [-0.2, -0.15) is 0 Å². The van der Waals surface area contributed by atoms with Crippen molar-refractivity contribution in [3.05, 3.63) is 34.5 Å². The second-order valence-corrected chi connectivity index (χ2v) is 4.36. The second-order valence-electron chi connectivity index (χ2n) is 3.92. The lowest BCUT2D eigenvalue weighted by Gasteiger charge is -2.09. The van der Waals surface area contributed by atoms with E-state index in [0.717, 1.165) is 11.1 Å². The molecule has 18 heavy (non-hydrogen) atoms. The summed E-state index contributed by atoms with van der Waals surface area (Å²) in [7, 11) is 0. The standard InChI is InChI=1S/C13H13ClN2O2/c1-3-18-13(17)10-6-16-12-7(2)4-8(14)5-9(12)11(10)15/h4-6H,3H2,1-2H3,(H2,15,16). The Bertz CT molecular complexity index is 626. The minimum Gasteiger partial charge on any atom is -0.462 e. The molecule has 0 amide bonds. The van der Waals surface area contributed by atoms with Gasteiger partial charge < -0.3 is 10.5 Å². The van der Waals surface area contributed by atoms with E-state index < -0.39 is 5.97 Å². The van der Waals surface area contributed by atoms with Crippen LogP contribution >= 0.6 is 11.6 Å². The third-order valence-electron chi connectivity index (χ3n) is 2.66. The molecule has 1 heterocycles. The highest BCUT2D eigenvalue weighted by molar-refractivity contribution is 6.31. The van der Waals surface area contributed by atoms with Gasteiger partial charge in [0.2, 0.25) is 0 Å². The predicted molar refractivity (Wildman–Crippen MR) is 71.9 cm³/mol. The average Bonchev–Trinajstić information content (AvgIpc) is 2.30. The second kappa shape index (κ2) is 4.82. The molecule has 0 unspecified atom stereocenters. The molecule has 0 aliphatic rings. The molecule has 0 aliphatic heterocycles. The van der Waals surface area contributed by atoms with Gasteiger partial charge in [-0.05, 0) is 31.5 Å². The third kappa shape index (κ3) is 2.11. The zero-order valence-corrected chi connectivity index (χ0v) is 10.9. The first-order valence-electron chi connectivity index (χ1n) is 5.56. The quantitative estimate of drug-likeness (QED) is 0.847. The number of rotatable bonds is 2. The Balaban J connectivity index is 2.67. The number of pyridine rings is 1. The van der Waals surface area contributed by atoms with Crippen LogP contribution in [0.1, 0.15) is 22.8 Å². The van der Waals surface area contributed by atoms with Crippen molar-refractivity contribution in [2.24, 2.45) is 0 Å². The van der Waals surface area contributed by atoms with Crippen molar-refractivity contribution in [2.75, 3.05) is 12.3 Å². The Morgan fingerprint density at radius 2 is 2.22 bits per heavy atom. The van der Waals surface area contributed by atoms with E-state index in [-0.39, 0.29) is 5.56 Å². The highest BCUT2D eigenvalue weighted by Crippen LogP contribution is 2.28. The largest absolute Gasteiger partial charge is 0.462 e. The van der Waals surface area contributed by atoms with E-state index >= 15 is 0 Å². The molecule has 0 atom stereocenters. The number of nitrogens with two attached hydrogens (primary N) is 1. The van der Waals surface area contributed by atoms with E-state index in [2.05, 4.69) is 4.98 Å². The fourth-order valence-corrected chi connectivity index (χ4v) is 2.10. The molecule has 0 fully saturated rings. The van der Waals surface area contributed by atoms with E-state index in [4.69, 9.17) is 22.1 Å². The number of nitrogens with zero attached hydrogens (tertiary/aromatic N) is 1. The minimum absolute atomic E-state index is 0.269. The summed E-state index contributed by atoms with van der Waals surface area (Å²) in [5, 5.41) is 1.24. The first kappa shape index (κ1) is 12.6. The van der Waals surface area contributed by atoms with Crippen LogP contribution < -0.4 is 5.73 Å². The highest BCUT2D eigenvalue weighted by atomic mass is 35.5. The molecule has 1 aromatic carbocycles. The van der Waals surface area contributed by atoms with Crippen molar-refractivity contribution >= 4 is 34.2 Å². The summed E-state index contributed by atoms with van der Waals surface area (Å²) in [5.41, 5.74) is 8.27. The van der Waals surface area contributed by atoms with Crippen LogP contribution in [-0.4, -0.2) is 17.6 Å². The van der Waals surface area contributed by atoms with Crippen molar-refractivity contribution in [3.63, 3.8) is 0 Å². The fourth-order valence-electron chi connectivity index (χ4n) is 1.83. The van der Waals surface area contributed by atoms with Crippen molar-refractivity contribution < 1.29 is 9.53 Å². The monoisotopic (exact) mass is 264 g/mol. The number of benzene rings is 1. The Kier molecular flexibility index (Phi) is 3.39. The maximum Gasteiger partial charge on any atom is 0.341 e. The molecular formula is C13H13ClN2O2. The van der Waals surface area contributed by atoms with Gasteiger partial charge in [0.25, 0.3) is 0 Å². The number of nitrogen functional groups attached to an aromatic ring is 1. The van der Waals surface area contributed by atoms with Gasteiger partial charge >= 0.3 is 5.97 Å². The van der Waals surface area contributed by atoms with Gasteiger partial charge in [-0.3, -0.25) is 4.98 Å². The number of hydrogen-bond acceptors (Lipinski definition) is 4. The number of ether oxygens (including phenoxy) is 1. The van der Waals surface area contributed by atoms with Crippen LogP contribution in [0.4, 0.5) is 5.69 Å². The van der Waals surface area contributed by atoms with Crippen molar-refractivity contribution in [1.29, 1.82) is 0 Å². The molecule has 1 aromatic heterocycles. The summed E-state index contributed by atoms with van der Waals surface area (Å²) in [4.78, 5) is 16.0. The fraction of sp³-hybridized carbons (Fsp3) is 0.231. The summed E-state index contributed by atoms with van der Waals surface area (Å²) >= 11 is 5.99. The lowest BCUT2D eigenvalue weighted by molar-refractivity contribution is 0.0527. The molecule has 2 aromatic rings. The molecule has 0 radical (unpaired) electrons. The summed E-state index contributed by atoms with van der Waals surface area (Å²) in [6, 6.07) is 3.51. The Labute approximate surface area is 110 Å². The van der Waals surface area contributed by atoms with Crippen LogP contribution in [0, 0.1) is 6.92 Å². The van der Waals surface area contributed by atoms with Crippen molar-refractivity contribution in [2.45, 2.75) is 13.8 Å². The molecule has 94 valence electrons. The summed E-state index contributed by atoms with van der Waals surface area (Å²) in [6.45, 7) is 3.93. The Morgan fingerprint density at radius 1 is 1.50 bits per heavy atom. The predicted octanol–water partition coefficient (Wildman–Crippen LogP) is 2.96. The van der Waals surface area contributed by atoms with Gasteiger partial charge in [-0.15, -0.1) is 0 Å². The first-order valence-corrected chi connectivity index (χ1v) is 5.93. The lowest BCUT2D eigenvalue weighted by atomic mass is 10.1. The van der Waals surface area contributed by atoms with E-state index in [1.165, 1.54) is 6.20 Å².